The topological polar surface area (TPSA) is 49.3 Å². The number of hydrogen-bond acceptors (Lipinski definition) is 3. The molecule has 3 nitrogen and oxygen atoms in total. The van der Waals surface area contributed by atoms with Gasteiger partial charge in [-0.2, -0.15) is 0 Å². The fourth-order valence-corrected chi connectivity index (χ4v) is 2.17. The van der Waals surface area contributed by atoms with Gasteiger partial charge in [0.1, 0.15) is 5.75 Å². The van der Waals surface area contributed by atoms with Crippen molar-refractivity contribution in [1.29, 1.82) is 0 Å². The summed E-state index contributed by atoms with van der Waals surface area (Å²) in [6, 6.07) is 19.7. The van der Waals surface area contributed by atoms with E-state index in [9.17, 15) is 9.90 Å². The minimum Gasteiger partial charge on any atom is -0.506 e. The standard InChI is InChI=1S/C17H13NO2/c19-15-10-4-3-9-14(15)18-17-13-8-2-1-6-12(13)7-5-11-16(17)20/h1-11,19H,(H,18,20). The first kappa shape index (κ1) is 12.2. The van der Waals surface area contributed by atoms with Crippen LogP contribution < -0.4 is 10.7 Å². The SMILES string of the molecule is O=c1cccc2ccccc2c1Nc1ccccc1O. The summed E-state index contributed by atoms with van der Waals surface area (Å²) in [4.78, 5) is 12.2. The highest BCUT2D eigenvalue weighted by atomic mass is 16.3. The smallest absolute Gasteiger partial charge is 0.202 e. The maximum atomic E-state index is 12.2. The van der Waals surface area contributed by atoms with E-state index >= 15 is 0 Å². The molecule has 0 heterocycles. The number of anilines is 2. The summed E-state index contributed by atoms with van der Waals surface area (Å²) in [5.74, 6) is 0.113. The van der Waals surface area contributed by atoms with Gasteiger partial charge in [0.05, 0.1) is 11.4 Å². The number of rotatable bonds is 2. The van der Waals surface area contributed by atoms with E-state index in [1.165, 1.54) is 6.07 Å². The summed E-state index contributed by atoms with van der Waals surface area (Å²) in [5, 5.41) is 14.7. The minimum absolute atomic E-state index is 0.113. The van der Waals surface area contributed by atoms with Crippen LogP contribution >= 0.6 is 0 Å². The van der Waals surface area contributed by atoms with Gasteiger partial charge >= 0.3 is 0 Å². The third-order valence-electron chi connectivity index (χ3n) is 3.16. The number of fused-ring (bicyclic) bond motifs is 1. The quantitative estimate of drug-likeness (QED) is 0.694. The van der Waals surface area contributed by atoms with E-state index in [-0.39, 0.29) is 11.2 Å². The van der Waals surface area contributed by atoms with Crippen LogP contribution in [0.25, 0.3) is 10.8 Å². The summed E-state index contributed by atoms with van der Waals surface area (Å²) >= 11 is 0. The zero-order chi connectivity index (χ0) is 13.9. The van der Waals surface area contributed by atoms with Crippen LogP contribution in [0.1, 0.15) is 0 Å². The average Bonchev–Trinajstić information content (AvgIpc) is 2.61. The number of hydrogen-bond donors (Lipinski definition) is 2. The summed E-state index contributed by atoms with van der Waals surface area (Å²) in [6.45, 7) is 0. The molecule has 0 unspecified atom stereocenters. The van der Waals surface area contributed by atoms with Gasteiger partial charge in [0.2, 0.25) is 5.43 Å². The zero-order valence-electron chi connectivity index (χ0n) is 10.7. The lowest BCUT2D eigenvalue weighted by Crippen LogP contribution is -2.04. The largest absolute Gasteiger partial charge is 0.506 e. The summed E-state index contributed by atoms with van der Waals surface area (Å²) in [5.41, 5.74) is 0.863. The Morgan fingerprint density at radius 2 is 1.50 bits per heavy atom. The molecule has 0 aliphatic carbocycles. The Morgan fingerprint density at radius 3 is 2.35 bits per heavy atom. The fraction of sp³-hybridized carbons (Fsp3) is 0. The first-order valence-electron chi connectivity index (χ1n) is 6.33. The Balaban J connectivity index is 2.24. The predicted octanol–water partition coefficient (Wildman–Crippen LogP) is 3.65. The van der Waals surface area contributed by atoms with Gasteiger partial charge in [0, 0.05) is 5.39 Å². The van der Waals surface area contributed by atoms with E-state index in [1.54, 1.807) is 30.3 Å². The molecule has 3 aromatic rings. The van der Waals surface area contributed by atoms with E-state index in [1.807, 2.05) is 30.3 Å². The van der Waals surface area contributed by atoms with Gasteiger partial charge in [-0.05, 0) is 23.6 Å². The molecule has 3 heteroatoms. The number of phenolic OH excluding ortho intramolecular Hbond substituents is 1. The maximum Gasteiger partial charge on any atom is 0.202 e. The van der Waals surface area contributed by atoms with Crippen LogP contribution in [0, 0.1) is 0 Å². The fourth-order valence-electron chi connectivity index (χ4n) is 2.17. The zero-order valence-corrected chi connectivity index (χ0v) is 10.7. The van der Waals surface area contributed by atoms with Crippen molar-refractivity contribution in [2.24, 2.45) is 0 Å². The third kappa shape index (κ3) is 2.21. The van der Waals surface area contributed by atoms with Crippen molar-refractivity contribution in [3.05, 3.63) is 77.0 Å². The van der Waals surface area contributed by atoms with Crippen LogP contribution in [-0.2, 0) is 0 Å². The van der Waals surface area contributed by atoms with Gasteiger partial charge < -0.3 is 10.4 Å². The number of nitrogens with one attached hydrogen (secondary N) is 1. The van der Waals surface area contributed by atoms with Crippen LogP contribution in [-0.4, -0.2) is 5.11 Å². The van der Waals surface area contributed by atoms with E-state index < -0.39 is 0 Å². The Bertz CT molecular complexity index is 828. The molecule has 0 saturated heterocycles. The highest BCUT2D eigenvalue weighted by molar-refractivity contribution is 5.94. The summed E-state index contributed by atoms with van der Waals surface area (Å²) < 4.78 is 0. The van der Waals surface area contributed by atoms with Crippen LogP contribution in [0.4, 0.5) is 11.4 Å². The van der Waals surface area contributed by atoms with Gasteiger partial charge in [-0.3, -0.25) is 4.79 Å². The van der Waals surface area contributed by atoms with Gasteiger partial charge in [-0.25, -0.2) is 0 Å². The predicted molar refractivity (Wildman–Crippen MR) is 81.6 cm³/mol. The lowest BCUT2D eigenvalue weighted by Gasteiger charge is -2.08. The molecule has 3 rings (SSSR count). The van der Waals surface area contributed by atoms with Crippen molar-refractivity contribution in [1.82, 2.24) is 0 Å². The highest BCUT2D eigenvalue weighted by Crippen LogP contribution is 2.27. The second-order valence-electron chi connectivity index (χ2n) is 4.49. The molecule has 0 radical (unpaired) electrons. The van der Waals surface area contributed by atoms with Crippen molar-refractivity contribution in [2.45, 2.75) is 0 Å². The molecule has 20 heavy (non-hydrogen) atoms. The van der Waals surface area contributed by atoms with Crippen LogP contribution in [0.3, 0.4) is 0 Å². The Hall–Kier alpha value is -2.81. The molecule has 0 atom stereocenters. The van der Waals surface area contributed by atoms with Crippen LogP contribution in [0.15, 0.2) is 71.5 Å². The van der Waals surface area contributed by atoms with Crippen molar-refractivity contribution < 1.29 is 5.11 Å². The van der Waals surface area contributed by atoms with Gasteiger partial charge in [0.15, 0.2) is 0 Å². The van der Waals surface area contributed by atoms with Crippen molar-refractivity contribution in [3.8, 4) is 5.75 Å². The van der Waals surface area contributed by atoms with Gasteiger partial charge in [-0.1, -0.05) is 48.5 Å². The van der Waals surface area contributed by atoms with Crippen LogP contribution in [0.5, 0.6) is 5.75 Å². The van der Waals surface area contributed by atoms with Crippen LogP contribution in [0.2, 0.25) is 0 Å². The van der Waals surface area contributed by atoms with Crippen molar-refractivity contribution >= 4 is 22.1 Å². The molecule has 98 valence electrons. The summed E-state index contributed by atoms with van der Waals surface area (Å²) in [7, 11) is 0. The first-order valence-corrected chi connectivity index (χ1v) is 6.33. The number of aromatic hydroxyl groups is 1. The van der Waals surface area contributed by atoms with Crippen molar-refractivity contribution in [3.63, 3.8) is 0 Å². The Labute approximate surface area is 116 Å². The molecular weight excluding hydrogens is 250 g/mol. The molecule has 0 amide bonds. The number of phenols is 1. The Morgan fingerprint density at radius 1 is 0.800 bits per heavy atom. The molecule has 0 aliphatic heterocycles. The third-order valence-corrected chi connectivity index (χ3v) is 3.16. The second-order valence-corrected chi connectivity index (χ2v) is 4.49. The van der Waals surface area contributed by atoms with E-state index in [0.717, 1.165) is 10.8 Å². The molecule has 3 aromatic carbocycles. The molecule has 0 aromatic heterocycles. The maximum absolute atomic E-state index is 12.2. The second kappa shape index (κ2) is 5.05. The lowest BCUT2D eigenvalue weighted by molar-refractivity contribution is 0.478. The first-order chi connectivity index (χ1) is 9.75. The molecule has 0 aliphatic rings. The average molecular weight is 263 g/mol. The summed E-state index contributed by atoms with van der Waals surface area (Å²) in [6.07, 6.45) is 0. The minimum atomic E-state index is -0.116. The Kier molecular flexibility index (Phi) is 3.09. The molecular formula is C17H13NO2. The molecule has 0 saturated carbocycles. The number of para-hydroxylation sites is 2. The highest BCUT2D eigenvalue weighted by Gasteiger charge is 2.06. The lowest BCUT2D eigenvalue weighted by atomic mass is 10.1. The van der Waals surface area contributed by atoms with E-state index in [0.29, 0.717) is 11.4 Å². The number of benzene rings is 2. The monoisotopic (exact) mass is 263 g/mol. The van der Waals surface area contributed by atoms with Crippen molar-refractivity contribution in [2.75, 3.05) is 5.32 Å². The van der Waals surface area contributed by atoms with E-state index in [4.69, 9.17) is 0 Å². The molecule has 0 bridgehead atoms. The van der Waals surface area contributed by atoms with Gasteiger partial charge in [-0.15, -0.1) is 0 Å². The molecule has 0 fully saturated rings. The van der Waals surface area contributed by atoms with Gasteiger partial charge in [0.25, 0.3) is 0 Å². The van der Waals surface area contributed by atoms with E-state index in [2.05, 4.69) is 5.32 Å². The molecule has 2 N–H and O–H groups in total. The normalized spacial score (nSPS) is 10.4. The molecule has 0 spiro atoms.